The summed E-state index contributed by atoms with van der Waals surface area (Å²) in [5.41, 5.74) is 2.14. The minimum absolute atomic E-state index is 0.198. The average Bonchev–Trinajstić information content (AvgIpc) is 2.79. The van der Waals surface area contributed by atoms with Crippen molar-refractivity contribution in [3.63, 3.8) is 0 Å². The third-order valence-corrected chi connectivity index (χ3v) is 2.61. The maximum atomic E-state index is 5.79. The molecular formula is C11H8ClN5O. The molecule has 3 rings (SSSR count). The predicted octanol–water partition coefficient (Wildman–Crippen LogP) is 1.85. The number of halogens is 1. The van der Waals surface area contributed by atoms with Crippen LogP contribution in [0.2, 0.25) is 5.28 Å². The van der Waals surface area contributed by atoms with Crippen LogP contribution >= 0.6 is 11.6 Å². The minimum Gasteiger partial charge on any atom is -0.480 e. The first-order valence-electron chi connectivity index (χ1n) is 5.15. The van der Waals surface area contributed by atoms with Gasteiger partial charge in [-0.2, -0.15) is 4.98 Å². The smallest absolute Gasteiger partial charge is 0.243 e. The molecule has 0 saturated carbocycles. The lowest BCUT2D eigenvalue weighted by atomic mass is 10.2. The van der Waals surface area contributed by atoms with Crippen molar-refractivity contribution in [1.82, 2.24) is 24.6 Å². The quantitative estimate of drug-likeness (QED) is 0.704. The van der Waals surface area contributed by atoms with Gasteiger partial charge in [-0.1, -0.05) is 0 Å². The number of methoxy groups -OCH3 is 1. The fourth-order valence-corrected chi connectivity index (χ4v) is 1.80. The molecule has 0 aliphatic rings. The molecule has 3 aromatic heterocycles. The van der Waals surface area contributed by atoms with Crippen molar-refractivity contribution in [3.05, 3.63) is 36.0 Å². The maximum Gasteiger partial charge on any atom is 0.243 e. The van der Waals surface area contributed by atoms with E-state index in [0.717, 1.165) is 5.56 Å². The standard InChI is InChI=1S/C11H8ClN5O/c1-18-9-6-13-8(5-14-9)7-3-2-4-17-10(7)15-11(12)16-17/h2-6H,1H3. The second-order valence-corrected chi connectivity index (χ2v) is 3.85. The Morgan fingerprint density at radius 1 is 1.28 bits per heavy atom. The molecule has 90 valence electrons. The van der Waals surface area contributed by atoms with E-state index < -0.39 is 0 Å². The zero-order valence-corrected chi connectivity index (χ0v) is 10.2. The van der Waals surface area contributed by atoms with Crippen molar-refractivity contribution in [1.29, 1.82) is 0 Å². The van der Waals surface area contributed by atoms with Crippen molar-refractivity contribution in [2.45, 2.75) is 0 Å². The van der Waals surface area contributed by atoms with Crippen LogP contribution in [0.4, 0.5) is 0 Å². The summed E-state index contributed by atoms with van der Waals surface area (Å²) in [6.45, 7) is 0. The molecule has 3 aromatic rings. The largest absolute Gasteiger partial charge is 0.480 e. The zero-order valence-electron chi connectivity index (χ0n) is 9.41. The molecule has 0 fully saturated rings. The molecule has 0 aliphatic heterocycles. The lowest BCUT2D eigenvalue weighted by molar-refractivity contribution is 0.396. The number of hydrogen-bond acceptors (Lipinski definition) is 5. The van der Waals surface area contributed by atoms with Crippen molar-refractivity contribution >= 4 is 17.2 Å². The van der Waals surface area contributed by atoms with Gasteiger partial charge in [0.05, 0.1) is 25.2 Å². The lowest BCUT2D eigenvalue weighted by Gasteiger charge is -2.02. The van der Waals surface area contributed by atoms with Gasteiger partial charge in [0.25, 0.3) is 0 Å². The molecule has 0 N–H and O–H groups in total. The molecule has 0 spiro atoms. The number of ether oxygens (including phenoxy) is 1. The van der Waals surface area contributed by atoms with Gasteiger partial charge in [-0.05, 0) is 23.7 Å². The Hall–Kier alpha value is -2.21. The number of aromatic nitrogens is 5. The Kier molecular flexibility index (Phi) is 2.56. The maximum absolute atomic E-state index is 5.79. The highest BCUT2D eigenvalue weighted by molar-refractivity contribution is 6.28. The second kappa shape index (κ2) is 4.23. The van der Waals surface area contributed by atoms with Gasteiger partial charge in [-0.15, -0.1) is 5.10 Å². The number of pyridine rings is 1. The van der Waals surface area contributed by atoms with E-state index in [-0.39, 0.29) is 5.28 Å². The average molecular weight is 262 g/mol. The molecule has 18 heavy (non-hydrogen) atoms. The molecule has 0 amide bonds. The molecule has 0 atom stereocenters. The molecule has 0 aliphatic carbocycles. The Bertz CT molecular complexity index is 694. The highest BCUT2D eigenvalue weighted by Crippen LogP contribution is 2.22. The second-order valence-electron chi connectivity index (χ2n) is 3.51. The topological polar surface area (TPSA) is 65.2 Å². The van der Waals surface area contributed by atoms with E-state index in [1.165, 1.54) is 0 Å². The van der Waals surface area contributed by atoms with Crippen LogP contribution in [0.5, 0.6) is 5.88 Å². The van der Waals surface area contributed by atoms with E-state index in [4.69, 9.17) is 16.3 Å². The van der Waals surface area contributed by atoms with Gasteiger partial charge in [0.15, 0.2) is 5.65 Å². The van der Waals surface area contributed by atoms with Crippen LogP contribution in [0.15, 0.2) is 30.7 Å². The summed E-state index contributed by atoms with van der Waals surface area (Å²) in [5.74, 6) is 0.463. The summed E-state index contributed by atoms with van der Waals surface area (Å²) in [7, 11) is 1.54. The Morgan fingerprint density at radius 3 is 2.89 bits per heavy atom. The molecule has 6 nitrogen and oxygen atoms in total. The highest BCUT2D eigenvalue weighted by atomic mass is 35.5. The molecule has 0 bridgehead atoms. The third-order valence-electron chi connectivity index (χ3n) is 2.45. The van der Waals surface area contributed by atoms with Gasteiger partial charge in [0.1, 0.15) is 0 Å². The van der Waals surface area contributed by atoms with E-state index in [1.807, 2.05) is 12.1 Å². The number of rotatable bonds is 2. The first kappa shape index (κ1) is 10.9. The van der Waals surface area contributed by atoms with Gasteiger partial charge in [-0.25, -0.2) is 14.5 Å². The van der Waals surface area contributed by atoms with E-state index >= 15 is 0 Å². The molecule has 0 saturated heterocycles. The fourth-order valence-electron chi connectivity index (χ4n) is 1.64. The normalized spacial score (nSPS) is 10.8. The fraction of sp³-hybridized carbons (Fsp3) is 0.0909. The Labute approximate surface area is 107 Å². The minimum atomic E-state index is 0.198. The third kappa shape index (κ3) is 1.76. The van der Waals surface area contributed by atoms with Crippen LogP contribution in [0.25, 0.3) is 16.9 Å². The van der Waals surface area contributed by atoms with Crippen molar-refractivity contribution in [2.24, 2.45) is 0 Å². The van der Waals surface area contributed by atoms with Crippen LogP contribution in [0, 0.1) is 0 Å². The van der Waals surface area contributed by atoms with Crippen molar-refractivity contribution in [3.8, 4) is 17.1 Å². The van der Waals surface area contributed by atoms with Crippen LogP contribution < -0.4 is 4.74 Å². The first-order chi connectivity index (χ1) is 8.78. The molecule has 0 unspecified atom stereocenters. The molecule has 7 heteroatoms. The predicted molar refractivity (Wildman–Crippen MR) is 65.6 cm³/mol. The number of hydrogen-bond donors (Lipinski definition) is 0. The van der Waals surface area contributed by atoms with E-state index in [1.54, 1.807) is 30.2 Å². The monoisotopic (exact) mass is 261 g/mol. The lowest BCUT2D eigenvalue weighted by Crippen LogP contribution is -1.94. The molecule has 0 radical (unpaired) electrons. The van der Waals surface area contributed by atoms with Gasteiger partial charge < -0.3 is 4.74 Å². The zero-order chi connectivity index (χ0) is 12.5. The van der Waals surface area contributed by atoms with E-state index in [2.05, 4.69) is 20.1 Å². The number of nitrogens with zero attached hydrogens (tertiary/aromatic N) is 5. The van der Waals surface area contributed by atoms with Crippen LogP contribution in [0.3, 0.4) is 0 Å². The molecule has 0 aromatic carbocycles. The Balaban J connectivity index is 2.17. The van der Waals surface area contributed by atoms with Crippen molar-refractivity contribution in [2.75, 3.05) is 7.11 Å². The van der Waals surface area contributed by atoms with Crippen molar-refractivity contribution < 1.29 is 4.74 Å². The summed E-state index contributed by atoms with van der Waals surface area (Å²) in [6.07, 6.45) is 4.95. The Morgan fingerprint density at radius 2 is 2.17 bits per heavy atom. The highest BCUT2D eigenvalue weighted by Gasteiger charge is 2.09. The summed E-state index contributed by atoms with van der Waals surface area (Å²) in [5, 5.41) is 4.23. The van der Waals surface area contributed by atoms with Crippen LogP contribution in [0.1, 0.15) is 0 Å². The first-order valence-corrected chi connectivity index (χ1v) is 5.53. The SMILES string of the molecule is COc1cnc(-c2cccn3nc(Cl)nc23)cn1. The summed E-state index contributed by atoms with van der Waals surface area (Å²) in [6, 6.07) is 3.73. The van der Waals surface area contributed by atoms with Gasteiger partial charge >= 0.3 is 0 Å². The van der Waals surface area contributed by atoms with Crippen LogP contribution in [-0.4, -0.2) is 31.7 Å². The van der Waals surface area contributed by atoms with E-state index in [9.17, 15) is 0 Å². The molecular weight excluding hydrogens is 254 g/mol. The van der Waals surface area contributed by atoms with Crippen LogP contribution in [-0.2, 0) is 0 Å². The van der Waals surface area contributed by atoms with Gasteiger partial charge in [0.2, 0.25) is 11.2 Å². The van der Waals surface area contributed by atoms with Gasteiger partial charge in [-0.3, -0.25) is 0 Å². The summed E-state index contributed by atoms with van der Waals surface area (Å²) in [4.78, 5) is 12.5. The van der Waals surface area contributed by atoms with E-state index in [0.29, 0.717) is 17.2 Å². The molecule has 3 heterocycles. The van der Waals surface area contributed by atoms with Gasteiger partial charge in [0, 0.05) is 11.8 Å². The summed E-state index contributed by atoms with van der Waals surface area (Å²) < 4.78 is 6.57. The number of fused-ring (bicyclic) bond motifs is 1. The summed E-state index contributed by atoms with van der Waals surface area (Å²) >= 11 is 5.79.